The van der Waals surface area contributed by atoms with Crippen LogP contribution in [0.3, 0.4) is 0 Å². The van der Waals surface area contributed by atoms with Gasteiger partial charge in [0, 0.05) is 18.0 Å². The molecule has 2 rings (SSSR count). The first-order chi connectivity index (χ1) is 8.06. The van der Waals surface area contributed by atoms with Gasteiger partial charge in [0.2, 0.25) is 0 Å². The summed E-state index contributed by atoms with van der Waals surface area (Å²) in [7, 11) is 2.07. The first kappa shape index (κ1) is 13.1. The summed E-state index contributed by atoms with van der Waals surface area (Å²) in [5, 5.41) is 7.92. The fourth-order valence-corrected chi connectivity index (χ4v) is 3.63. The fraction of sp³-hybridized carbons (Fsp3) is 0.769. The van der Waals surface area contributed by atoms with Crippen molar-refractivity contribution in [3.63, 3.8) is 0 Å². The van der Waals surface area contributed by atoms with Crippen LogP contribution in [0.15, 0.2) is 10.7 Å². The lowest BCUT2D eigenvalue weighted by Gasteiger charge is -2.23. The second-order valence-corrected chi connectivity index (χ2v) is 6.21. The van der Waals surface area contributed by atoms with Crippen LogP contribution in [0.5, 0.6) is 0 Å². The first-order valence-corrected chi connectivity index (χ1v) is 7.25. The minimum atomic E-state index is 0.428. The molecule has 0 spiro atoms. The monoisotopic (exact) mass is 299 g/mol. The minimum Gasteiger partial charge on any atom is -0.317 e. The Bertz CT molecular complexity index is 386. The smallest absolute Gasteiger partial charge is 0.0635 e. The second-order valence-electron chi connectivity index (χ2n) is 5.35. The number of halogens is 1. The Hall–Kier alpha value is -0.350. The van der Waals surface area contributed by atoms with Crippen molar-refractivity contribution in [2.75, 3.05) is 7.05 Å². The van der Waals surface area contributed by atoms with E-state index >= 15 is 0 Å². The van der Waals surface area contributed by atoms with Crippen molar-refractivity contribution in [1.29, 1.82) is 0 Å². The van der Waals surface area contributed by atoms with Crippen LogP contribution in [0.1, 0.15) is 51.3 Å². The number of nitrogens with one attached hydrogen (secondary N) is 1. The van der Waals surface area contributed by atoms with Crippen LogP contribution in [-0.4, -0.2) is 22.9 Å². The zero-order chi connectivity index (χ0) is 12.6. The Morgan fingerprint density at radius 3 is 2.71 bits per heavy atom. The van der Waals surface area contributed by atoms with Gasteiger partial charge in [-0.2, -0.15) is 5.10 Å². The van der Waals surface area contributed by atoms with Crippen molar-refractivity contribution < 1.29 is 0 Å². The highest BCUT2D eigenvalue weighted by atomic mass is 79.9. The van der Waals surface area contributed by atoms with Crippen molar-refractivity contribution in [3.05, 3.63) is 16.4 Å². The van der Waals surface area contributed by atoms with Crippen LogP contribution in [0.25, 0.3) is 0 Å². The Morgan fingerprint density at radius 2 is 2.18 bits per heavy atom. The van der Waals surface area contributed by atoms with Gasteiger partial charge in [-0.1, -0.05) is 6.92 Å². The largest absolute Gasteiger partial charge is 0.317 e. The van der Waals surface area contributed by atoms with Crippen molar-refractivity contribution in [2.24, 2.45) is 5.92 Å². The summed E-state index contributed by atoms with van der Waals surface area (Å²) in [6.45, 7) is 6.74. The maximum atomic E-state index is 4.49. The van der Waals surface area contributed by atoms with E-state index in [1.807, 2.05) is 6.20 Å². The van der Waals surface area contributed by atoms with Gasteiger partial charge in [0.1, 0.15) is 0 Å². The van der Waals surface area contributed by atoms with Gasteiger partial charge >= 0.3 is 0 Å². The average molecular weight is 300 g/mol. The topological polar surface area (TPSA) is 29.9 Å². The summed E-state index contributed by atoms with van der Waals surface area (Å²) in [6, 6.07) is 1.07. The predicted octanol–water partition coefficient (Wildman–Crippen LogP) is 3.33. The molecule has 0 bridgehead atoms. The van der Waals surface area contributed by atoms with Gasteiger partial charge in [-0.25, -0.2) is 0 Å². The van der Waals surface area contributed by atoms with Gasteiger partial charge in [-0.05, 0) is 55.6 Å². The summed E-state index contributed by atoms with van der Waals surface area (Å²) in [5.74, 6) is 1.29. The number of hydrogen-bond acceptors (Lipinski definition) is 2. The predicted molar refractivity (Wildman–Crippen MR) is 74.3 cm³/mol. The lowest BCUT2D eigenvalue weighted by Crippen LogP contribution is -2.29. The third kappa shape index (κ3) is 2.29. The van der Waals surface area contributed by atoms with Crippen molar-refractivity contribution in [3.8, 4) is 0 Å². The van der Waals surface area contributed by atoms with E-state index in [0.717, 1.165) is 0 Å². The molecule has 0 aromatic carbocycles. The Balaban J connectivity index is 2.31. The Labute approximate surface area is 112 Å². The van der Waals surface area contributed by atoms with Crippen LogP contribution in [0, 0.1) is 5.92 Å². The highest BCUT2D eigenvalue weighted by Gasteiger charge is 2.36. The van der Waals surface area contributed by atoms with Crippen molar-refractivity contribution >= 4 is 15.9 Å². The minimum absolute atomic E-state index is 0.428. The maximum Gasteiger partial charge on any atom is 0.0635 e. The summed E-state index contributed by atoms with van der Waals surface area (Å²) in [6.07, 6.45) is 4.45. The van der Waals surface area contributed by atoms with Gasteiger partial charge < -0.3 is 5.32 Å². The summed E-state index contributed by atoms with van der Waals surface area (Å²) >= 11 is 3.66. The van der Waals surface area contributed by atoms with E-state index in [1.54, 1.807) is 0 Å². The summed E-state index contributed by atoms with van der Waals surface area (Å²) in [5.41, 5.74) is 1.38. The molecule has 1 N–H and O–H groups in total. The van der Waals surface area contributed by atoms with E-state index in [4.69, 9.17) is 0 Å². The molecule has 3 atom stereocenters. The third-order valence-electron chi connectivity index (χ3n) is 4.06. The van der Waals surface area contributed by atoms with Crippen LogP contribution in [0.4, 0.5) is 0 Å². The van der Waals surface area contributed by atoms with Crippen LogP contribution in [0.2, 0.25) is 0 Å². The summed E-state index contributed by atoms with van der Waals surface area (Å²) < 4.78 is 3.34. The van der Waals surface area contributed by atoms with E-state index in [1.165, 1.54) is 23.0 Å². The molecule has 3 nitrogen and oxygen atoms in total. The molecule has 1 aliphatic rings. The quantitative estimate of drug-likeness (QED) is 0.928. The molecule has 1 aliphatic carbocycles. The van der Waals surface area contributed by atoms with Gasteiger partial charge in [0.15, 0.2) is 0 Å². The molecule has 96 valence electrons. The van der Waals surface area contributed by atoms with Crippen LogP contribution in [-0.2, 0) is 0 Å². The molecule has 0 amide bonds. The SMILES string of the molecule is CNC1CCC(c2c(Br)cnn2C(C)C)C1C. The lowest BCUT2D eigenvalue weighted by molar-refractivity contribution is 0.399. The molecule has 1 aromatic heterocycles. The molecule has 3 unspecified atom stereocenters. The first-order valence-electron chi connectivity index (χ1n) is 6.46. The van der Waals surface area contributed by atoms with Gasteiger partial charge in [0.25, 0.3) is 0 Å². The molecular weight excluding hydrogens is 278 g/mol. The van der Waals surface area contributed by atoms with E-state index in [9.17, 15) is 0 Å². The number of hydrogen-bond donors (Lipinski definition) is 1. The normalized spacial score (nSPS) is 29.2. The Kier molecular flexibility index (Phi) is 3.93. The van der Waals surface area contributed by atoms with E-state index < -0.39 is 0 Å². The molecular formula is C13H22BrN3. The number of aromatic nitrogens is 2. The van der Waals surface area contributed by atoms with E-state index in [-0.39, 0.29) is 0 Å². The molecule has 1 heterocycles. The highest BCUT2D eigenvalue weighted by Crippen LogP contribution is 2.42. The zero-order valence-corrected chi connectivity index (χ0v) is 12.7. The maximum absolute atomic E-state index is 4.49. The van der Waals surface area contributed by atoms with Crippen LogP contribution >= 0.6 is 15.9 Å². The molecule has 1 saturated carbocycles. The average Bonchev–Trinajstić information content (AvgIpc) is 2.82. The van der Waals surface area contributed by atoms with Gasteiger partial charge in [0.05, 0.1) is 16.4 Å². The fourth-order valence-electron chi connectivity index (χ4n) is 3.07. The van der Waals surface area contributed by atoms with Crippen LogP contribution < -0.4 is 5.32 Å². The number of rotatable bonds is 3. The molecule has 17 heavy (non-hydrogen) atoms. The third-order valence-corrected chi connectivity index (χ3v) is 4.67. The molecule has 1 fully saturated rings. The molecule has 1 aromatic rings. The lowest BCUT2D eigenvalue weighted by atomic mass is 9.92. The van der Waals surface area contributed by atoms with Gasteiger partial charge in [-0.15, -0.1) is 0 Å². The second kappa shape index (κ2) is 5.11. The van der Waals surface area contributed by atoms with Crippen molar-refractivity contribution in [1.82, 2.24) is 15.1 Å². The van der Waals surface area contributed by atoms with E-state index in [2.05, 4.69) is 58.8 Å². The number of nitrogens with zero attached hydrogens (tertiary/aromatic N) is 2. The zero-order valence-electron chi connectivity index (χ0n) is 11.1. The van der Waals surface area contributed by atoms with Gasteiger partial charge in [-0.3, -0.25) is 4.68 Å². The highest BCUT2D eigenvalue weighted by molar-refractivity contribution is 9.10. The molecule has 0 saturated heterocycles. The Morgan fingerprint density at radius 1 is 1.47 bits per heavy atom. The van der Waals surface area contributed by atoms with Crippen molar-refractivity contribution in [2.45, 2.75) is 51.6 Å². The molecule has 0 radical (unpaired) electrons. The molecule has 4 heteroatoms. The van der Waals surface area contributed by atoms with E-state index in [0.29, 0.717) is 23.9 Å². The molecule has 0 aliphatic heterocycles. The standard InChI is InChI=1S/C13H22BrN3/c1-8(2)17-13(11(14)7-16-17)10-5-6-12(15-4)9(10)3/h7-10,12,15H,5-6H2,1-4H3. The summed E-state index contributed by atoms with van der Waals surface area (Å²) in [4.78, 5) is 0.